The number of benzene rings is 1. The molecular weight excluding hydrogens is 364 g/mol. The smallest absolute Gasteiger partial charge is 0.201 e. The number of Topliss-reactive ketones (excluding diaryl/α,β-unsaturated/α-hetero) is 1. The van der Waals surface area contributed by atoms with Crippen LogP contribution >= 0.6 is 0 Å². The van der Waals surface area contributed by atoms with Crippen molar-refractivity contribution in [2.45, 2.75) is 58.3 Å². The van der Waals surface area contributed by atoms with Crippen molar-refractivity contribution in [3.8, 4) is 5.75 Å². The molecule has 29 heavy (non-hydrogen) atoms. The number of furan rings is 1. The maximum atomic E-state index is 13.2. The maximum absolute atomic E-state index is 13.2. The minimum Gasteiger partial charge on any atom is -0.507 e. The summed E-state index contributed by atoms with van der Waals surface area (Å²) in [6.07, 6.45) is 8.63. The van der Waals surface area contributed by atoms with Crippen molar-refractivity contribution >= 4 is 17.1 Å². The molecule has 4 nitrogen and oxygen atoms in total. The molecule has 0 radical (unpaired) electrons. The highest BCUT2D eigenvalue weighted by molar-refractivity contribution is 6.39. The van der Waals surface area contributed by atoms with Gasteiger partial charge < -0.3 is 9.52 Å². The number of carbonyl (C=O) groups is 2. The Morgan fingerprint density at radius 1 is 1.14 bits per heavy atom. The number of hydrogen-bond acceptors (Lipinski definition) is 4. The molecule has 0 amide bonds. The first kappa shape index (κ1) is 18.4. The van der Waals surface area contributed by atoms with Crippen LogP contribution in [0.15, 0.2) is 35.0 Å². The number of carbonyl (C=O) groups excluding carboxylic acids is 2. The molecule has 2 atom stereocenters. The summed E-state index contributed by atoms with van der Waals surface area (Å²) in [5.41, 5.74) is 3.16. The van der Waals surface area contributed by atoms with Crippen molar-refractivity contribution in [1.82, 2.24) is 0 Å². The Labute approximate surface area is 170 Å². The monoisotopic (exact) mass is 390 g/mol. The normalized spacial score (nSPS) is 27.7. The molecule has 4 heteroatoms. The van der Waals surface area contributed by atoms with Gasteiger partial charge in [0.15, 0.2) is 5.78 Å². The van der Waals surface area contributed by atoms with E-state index in [1.165, 1.54) is 30.5 Å². The van der Waals surface area contributed by atoms with Crippen molar-refractivity contribution in [3.63, 3.8) is 0 Å². The van der Waals surface area contributed by atoms with Crippen LogP contribution in [-0.2, 0) is 11.8 Å². The molecule has 1 saturated carbocycles. The molecule has 0 saturated heterocycles. The average molecular weight is 390 g/mol. The topological polar surface area (TPSA) is 67.5 Å². The SMILES string of the molecule is CC1(C)CCC[C@]2(C)c3coc(C4=CC(=O)c5cccc(O)c5C4=O)c3CCC12. The third-order valence-electron chi connectivity index (χ3n) is 7.72. The van der Waals surface area contributed by atoms with Gasteiger partial charge in [-0.15, -0.1) is 0 Å². The van der Waals surface area contributed by atoms with Gasteiger partial charge in [0.25, 0.3) is 0 Å². The molecule has 3 aliphatic rings. The summed E-state index contributed by atoms with van der Waals surface area (Å²) in [5.74, 6) is 0.313. The zero-order valence-electron chi connectivity index (χ0n) is 17.2. The zero-order valence-corrected chi connectivity index (χ0v) is 17.2. The Hall–Kier alpha value is -2.62. The second kappa shape index (κ2) is 5.94. The van der Waals surface area contributed by atoms with Crippen LogP contribution in [0.25, 0.3) is 5.57 Å². The number of rotatable bonds is 1. The molecule has 150 valence electrons. The predicted molar refractivity (Wildman–Crippen MR) is 110 cm³/mol. The molecule has 1 heterocycles. The summed E-state index contributed by atoms with van der Waals surface area (Å²) in [7, 11) is 0. The number of fused-ring (bicyclic) bond motifs is 4. The number of hydrogen-bond donors (Lipinski definition) is 1. The molecule has 3 aliphatic carbocycles. The van der Waals surface area contributed by atoms with E-state index in [4.69, 9.17) is 4.42 Å². The summed E-state index contributed by atoms with van der Waals surface area (Å²) < 4.78 is 5.99. The van der Waals surface area contributed by atoms with Gasteiger partial charge in [-0.25, -0.2) is 0 Å². The highest BCUT2D eigenvalue weighted by atomic mass is 16.3. The Bertz CT molecular complexity index is 1080. The molecule has 5 rings (SSSR count). The first-order valence-electron chi connectivity index (χ1n) is 10.5. The molecular formula is C25H26O4. The standard InChI is InChI=1S/C25H26O4/c1-24(2)10-5-11-25(3)17-13-29-23(14(17)8-9-20(24)25)16-12-19(27)15-6-4-7-18(26)21(15)22(16)28/h4,6-7,12-13,20,26H,5,8-11H2,1-3H3/t20?,25-/m1/s1. The van der Waals surface area contributed by atoms with Crippen molar-refractivity contribution in [1.29, 1.82) is 0 Å². The minimum absolute atomic E-state index is 0.0272. The van der Waals surface area contributed by atoms with Crippen LogP contribution in [-0.4, -0.2) is 16.7 Å². The van der Waals surface area contributed by atoms with Crippen LogP contribution < -0.4 is 0 Å². The van der Waals surface area contributed by atoms with E-state index in [-0.39, 0.29) is 44.8 Å². The fourth-order valence-corrected chi connectivity index (χ4v) is 6.34. The lowest BCUT2D eigenvalue weighted by Gasteiger charge is -2.53. The largest absolute Gasteiger partial charge is 0.507 e. The minimum atomic E-state index is -0.342. The first-order valence-corrected chi connectivity index (χ1v) is 10.5. The van der Waals surface area contributed by atoms with Gasteiger partial charge in [0.1, 0.15) is 11.5 Å². The van der Waals surface area contributed by atoms with Crippen molar-refractivity contribution in [2.75, 3.05) is 0 Å². The van der Waals surface area contributed by atoms with E-state index in [0.29, 0.717) is 11.7 Å². The van der Waals surface area contributed by atoms with Gasteiger partial charge in [-0.2, -0.15) is 0 Å². The molecule has 1 fully saturated rings. The Kier molecular flexibility index (Phi) is 3.77. The molecule has 2 aromatic rings. The van der Waals surface area contributed by atoms with E-state index in [9.17, 15) is 14.7 Å². The van der Waals surface area contributed by atoms with Crippen molar-refractivity contribution < 1.29 is 19.1 Å². The summed E-state index contributed by atoms with van der Waals surface area (Å²) in [5, 5.41) is 10.2. The third kappa shape index (κ3) is 2.44. The van der Waals surface area contributed by atoms with Crippen LogP contribution in [0.2, 0.25) is 0 Å². The van der Waals surface area contributed by atoms with E-state index < -0.39 is 0 Å². The summed E-state index contributed by atoms with van der Waals surface area (Å²) in [6, 6.07) is 4.61. The molecule has 0 bridgehead atoms. The van der Waals surface area contributed by atoms with Gasteiger partial charge >= 0.3 is 0 Å². The summed E-state index contributed by atoms with van der Waals surface area (Å²) in [6.45, 7) is 7.07. The lowest BCUT2D eigenvalue weighted by molar-refractivity contribution is 0.0408. The van der Waals surface area contributed by atoms with Crippen LogP contribution in [0.1, 0.15) is 84.1 Å². The number of aromatic hydroxyl groups is 1. The van der Waals surface area contributed by atoms with Gasteiger partial charge in [0.05, 0.1) is 17.4 Å². The average Bonchev–Trinajstić information content (AvgIpc) is 3.09. The first-order chi connectivity index (χ1) is 13.7. The molecule has 1 aromatic carbocycles. The van der Waals surface area contributed by atoms with Gasteiger partial charge in [-0.05, 0) is 48.5 Å². The van der Waals surface area contributed by atoms with E-state index in [1.807, 2.05) is 6.26 Å². The molecule has 1 unspecified atom stereocenters. The van der Waals surface area contributed by atoms with E-state index in [1.54, 1.807) is 12.1 Å². The molecule has 0 aliphatic heterocycles. The number of phenolic OH excluding ortho intramolecular Hbond substituents is 1. The Balaban J connectivity index is 1.62. The third-order valence-corrected chi connectivity index (χ3v) is 7.72. The van der Waals surface area contributed by atoms with Crippen LogP contribution in [0.5, 0.6) is 5.75 Å². The highest BCUT2D eigenvalue weighted by Gasteiger charge is 2.51. The van der Waals surface area contributed by atoms with Gasteiger partial charge in [-0.1, -0.05) is 39.3 Å². The number of phenols is 1. The fraction of sp³-hybridized carbons (Fsp3) is 0.440. The van der Waals surface area contributed by atoms with Gasteiger partial charge in [0, 0.05) is 22.8 Å². The Morgan fingerprint density at radius 2 is 1.93 bits per heavy atom. The maximum Gasteiger partial charge on any atom is 0.201 e. The summed E-state index contributed by atoms with van der Waals surface area (Å²) >= 11 is 0. The Morgan fingerprint density at radius 3 is 2.72 bits per heavy atom. The molecule has 0 spiro atoms. The van der Waals surface area contributed by atoms with Crippen molar-refractivity contribution in [3.05, 3.63) is 58.6 Å². The predicted octanol–water partition coefficient (Wildman–Crippen LogP) is 5.48. The lowest BCUT2D eigenvalue weighted by Crippen LogP contribution is -2.47. The van der Waals surface area contributed by atoms with E-state index >= 15 is 0 Å². The van der Waals surface area contributed by atoms with E-state index in [0.717, 1.165) is 24.8 Å². The number of allylic oxidation sites excluding steroid dienone is 2. The van der Waals surface area contributed by atoms with Gasteiger partial charge in [0.2, 0.25) is 5.78 Å². The second-order valence-electron chi connectivity index (χ2n) is 9.76. The lowest BCUT2D eigenvalue weighted by atomic mass is 9.51. The van der Waals surface area contributed by atoms with Crippen molar-refractivity contribution in [2.24, 2.45) is 11.3 Å². The second-order valence-corrected chi connectivity index (χ2v) is 9.76. The van der Waals surface area contributed by atoms with Crippen LogP contribution in [0.3, 0.4) is 0 Å². The van der Waals surface area contributed by atoms with Crippen LogP contribution in [0.4, 0.5) is 0 Å². The summed E-state index contributed by atoms with van der Waals surface area (Å²) in [4.78, 5) is 25.8. The quantitative estimate of drug-likeness (QED) is 0.700. The fourth-order valence-electron chi connectivity index (χ4n) is 6.34. The van der Waals surface area contributed by atoms with Crippen LogP contribution in [0, 0.1) is 11.3 Å². The molecule has 1 aromatic heterocycles. The van der Waals surface area contributed by atoms with E-state index in [2.05, 4.69) is 20.8 Å². The zero-order chi connectivity index (χ0) is 20.6. The highest BCUT2D eigenvalue weighted by Crippen LogP contribution is 2.58. The molecule has 1 N–H and O–H groups in total. The number of ketones is 2. The van der Waals surface area contributed by atoms with Gasteiger partial charge in [-0.3, -0.25) is 9.59 Å².